The van der Waals surface area contributed by atoms with Crippen LogP contribution in [0.4, 0.5) is 11.4 Å². The van der Waals surface area contributed by atoms with Crippen LogP contribution in [0.3, 0.4) is 0 Å². The fourth-order valence-electron chi connectivity index (χ4n) is 8.21. The highest BCUT2D eigenvalue weighted by Gasteiger charge is 2.30. The lowest BCUT2D eigenvalue weighted by atomic mass is 9.94. The number of anilines is 2. The number of imidazole rings is 1. The maximum absolute atomic E-state index is 14.8. The normalized spacial score (nSPS) is 16.3. The van der Waals surface area contributed by atoms with E-state index in [-0.39, 0.29) is 18.6 Å². The van der Waals surface area contributed by atoms with Crippen molar-refractivity contribution in [3.8, 4) is 22.5 Å². The van der Waals surface area contributed by atoms with Gasteiger partial charge < -0.3 is 24.9 Å². The van der Waals surface area contributed by atoms with Crippen LogP contribution in [-0.4, -0.2) is 62.7 Å². The van der Waals surface area contributed by atoms with E-state index in [1.807, 2.05) is 97.3 Å². The first-order chi connectivity index (χ1) is 25.9. The summed E-state index contributed by atoms with van der Waals surface area (Å²) in [7, 11) is 0. The molecule has 53 heavy (non-hydrogen) atoms. The number of fused-ring (bicyclic) bond motifs is 1. The molecule has 2 aromatic heterocycles. The van der Waals surface area contributed by atoms with Crippen molar-refractivity contribution in [3.63, 3.8) is 0 Å². The number of aromatic amines is 1. The number of aliphatic hydroxyl groups is 1. The van der Waals surface area contributed by atoms with Crippen LogP contribution in [0.15, 0.2) is 97.3 Å². The van der Waals surface area contributed by atoms with Gasteiger partial charge in [-0.3, -0.25) is 9.69 Å². The fourth-order valence-corrected chi connectivity index (χ4v) is 8.51. The van der Waals surface area contributed by atoms with Gasteiger partial charge in [0.05, 0.1) is 41.7 Å². The SMILES string of the molecule is CC(c1ccc(Cl)cc1)n1cnc(-c2ccccc2)c1-c1c(C(=O)Nc2cc(CO)ccc2N2CCN(C3CCCCC3)CC2)[nH]c2cc(Cl)ccc12. The Bertz CT molecular complexity index is 2220. The first-order valence-electron chi connectivity index (χ1n) is 18.6. The quantitative estimate of drug-likeness (QED) is 0.137. The number of nitrogens with one attached hydrogen (secondary N) is 2. The van der Waals surface area contributed by atoms with E-state index < -0.39 is 0 Å². The van der Waals surface area contributed by atoms with E-state index in [1.165, 1.54) is 32.1 Å². The molecule has 1 unspecified atom stereocenters. The van der Waals surface area contributed by atoms with Crippen LogP contribution >= 0.6 is 23.2 Å². The number of nitrogens with zero attached hydrogens (tertiary/aromatic N) is 4. The van der Waals surface area contributed by atoms with Gasteiger partial charge in [-0.15, -0.1) is 0 Å². The Morgan fingerprint density at radius 2 is 1.64 bits per heavy atom. The number of hydrogen-bond acceptors (Lipinski definition) is 5. The van der Waals surface area contributed by atoms with Crippen LogP contribution in [0.5, 0.6) is 0 Å². The number of piperazine rings is 1. The van der Waals surface area contributed by atoms with Crippen molar-refractivity contribution in [1.29, 1.82) is 0 Å². The zero-order valence-corrected chi connectivity index (χ0v) is 31.4. The molecule has 3 N–H and O–H groups in total. The number of halogens is 2. The predicted octanol–water partition coefficient (Wildman–Crippen LogP) is 9.81. The smallest absolute Gasteiger partial charge is 0.272 e. The van der Waals surface area contributed by atoms with Gasteiger partial charge in [0.2, 0.25) is 0 Å². The van der Waals surface area contributed by atoms with Crippen molar-refractivity contribution in [3.05, 3.63) is 124 Å². The monoisotopic (exact) mass is 746 g/mol. The Morgan fingerprint density at radius 3 is 2.38 bits per heavy atom. The Kier molecular flexibility index (Phi) is 10.3. The number of carbonyl (C=O) groups excluding carboxylic acids is 1. The van der Waals surface area contributed by atoms with Crippen molar-refractivity contribution in [2.75, 3.05) is 36.4 Å². The molecule has 8 nitrogen and oxygen atoms in total. The maximum Gasteiger partial charge on any atom is 0.272 e. The Labute approximate surface area is 320 Å². The standard InChI is InChI=1S/C43H44Cl2N6O2/c1-28(30-13-15-32(44)16-14-30)51-27-46-40(31-8-4-2-5-9-31)42(51)39-35-18-17-33(45)25-36(35)47-41(39)43(53)48-37-24-29(26-52)12-19-38(37)50-22-20-49(21-23-50)34-10-6-3-7-11-34/h2,4-5,8-9,12-19,24-25,27-28,34,47,52H,3,6-7,10-11,20-23,26H2,1H3,(H,48,53). The summed E-state index contributed by atoms with van der Waals surface area (Å²) < 4.78 is 2.13. The number of aromatic nitrogens is 3. The van der Waals surface area contributed by atoms with E-state index >= 15 is 0 Å². The van der Waals surface area contributed by atoms with E-state index in [9.17, 15) is 9.90 Å². The second kappa shape index (κ2) is 15.4. The summed E-state index contributed by atoms with van der Waals surface area (Å²) in [6, 6.07) is 29.9. The second-order valence-corrected chi connectivity index (χ2v) is 15.2. The molecule has 1 saturated carbocycles. The molecule has 6 aromatic rings. The van der Waals surface area contributed by atoms with Gasteiger partial charge in [-0.2, -0.15) is 0 Å². The van der Waals surface area contributed by atoms with Gasteiger partial charge >= 0.3 is 0 Å². The molecule has 1 amide bonds. The molecule has 1 aliphatic heterocycles. The number of H-pyrrole nitrogens is 1. The molecule has 0 radical (unpaired) electrons. The minimum absolute atomic E-state index is 0.128. The summed E-state index contributed by atoms with van der Waals surface area (Å²) in [4.78, 5) is 28.2. The van der Waals surface area contributed by atoms with Crippen LogP contribution in [0.1, 0.15) is 66.7 Å². The van der Waals surface area contributed by atoms with Crippen molar-refractivity contribution >= 4 is 51.4 Å². The Balaban J connectivity index is 1.21. The summed E-state index contributed by atoms with van der Waals surface area (Å²) in [5.41, 5.74) is 7.77. The first-order valence-corrected chi connectivity index (χ1v) is 19.4. The first kappa shape index (κ1) is 35.4. The van der Waals surface area contributed by atoms with Crippen LogP contribution in [0, 0.1) is 0 Å². The van der Waals surface area contributed by atoms with Crippen molar-refractivity contribution in [1.82, 2.24) is 19.4 Å². The van der Waals surface area contributed by atoms with Crippen molar-refractivity contribution in [2.24, 2.45) is 0 Å². The van der Waals surface area contributed by atoms with Gasteiger partial charge in [-0.1, -0.05) is 97.1 Å². The zero-order chi connectivity index (χ0) is 36.5. The lowest BCUT2D eigenvalue weighted by Crippen LogP contribution is -2.51. The molecule has 3 heterocycles. The number of benzene rings is 4. The zero-order valence-electron chi connectivity index (χ0n) is 29.9. The summed E-state index contributed by atoms with van der Waals surface area (Å²) in [6.45, 7) is 5.72. The molecular weight excluding hydrogens is 703 g/mol. The van der Waals surface area contributed by atoms with Crippen molar-refractivity contribution in [2.45, 2.75) is 57.7 Å². The Morgan fingerprint density at radius 1 is 0.906 bits per heavy atom. The second-order valence-electron chi connectivity index (χ2n) is 14.3. The molecule has 1 aliphatic carbocycles. The molecule has 2 fully saturated rings. The highest BCUT2D eigenvalue weighted by atomic mass is 35.5. The summed E-state index contributed by atoms with van der Waals surface area (Å²) in [5, 5.41) is 15.5. The minimum Gasteiger partial charge on any atom is -0.392 e. The highest BCUT2D eigenvalue weighted by molar-refractivity contribution is 6.31. The van der Waals surface area contributed by atoms with Gasteiger partial charge in [-0.25, -0.2) is 4.98 Å². The lowest BCUT2D eigenvalue weighted by molar-refractivity contribution is 0.102. The van der Waals surface area contributed by atoms with E-state index in [2.05, 4.69) is 31.6 Å². The van der Waals surface area contributed by atoms with E-state index in [1.54, 1.807) is 0 Å². The van der Waals surface area contributed by atoms with Gasteiger partial charge in [0.25, 0.3) is 5.91 Å². The van der Waals surface area contributed by atoms with Gasteiger partial charge in [0, 0.05) is 64.3 Å². The number of rotatable bonds is 9. The maximum atomic E-state index is 14.8. The van der Waals surface area contributed by atoms with Gasteiger partial charge in [0.15, 0.2) is 0 Å². The van der Waals surface area contributed by atoms with Gasteiger partial charge in [0.1, 0.15) is 5.69 Å². The fraction of sp³-hybridized carbons (Fsp3) is 0.302. The third kappa shape index (κ3) is 7.21. The number of hydrogen-bond donors (Lipinski definition) is 3. The average Bonchev–Trinajstić information content (AvgIpc) is 3.80. The number of aliphatic hydroxyl groups excluding tert-OH is 1. The molecule has 272 valence electrons. The van der Waals surface area contributed by atoms with Crippen LogP contribution < -0.4 is 10.2 Å². The van der Waals surface area contributed by atoms with Gasteiger partial charge in [-0.05, 0) is 67.3 Å². The number of amides is 1. The molecular formula is C43H44Cl2N6O2. The third-order valence-corrected chi connectivity index (χ3v) is 11.6. The largest absolute Gasteiger partial charge is 0.392 e. The van der Waals surface area contributed by atoms with Crippen molar-refractivity contribution < 1.29 is 9.90 Å². The topological polar surface area (TPSA) is 89.4 Å². The molecule has 4 aromatic carbocycles. The molecule has 1 saturated heterocycles. The average molecular weight is 748 g/mol. The van der Waals surface area contributed by atoms with E-state index in [0.29, 0.717) is 27.5 Å². The van der Waals surface area contributed by atoms with Crippen LogP contribution in [-0.2, 0) is 6.61 Å². The lowest BCUT2D eigenvalue weighted by Gasteiger charge is -2.42. The van der Waals surface area contributed by atoms with Crippen LogP contribution in [0.2, 0.25) is 10.0 Å². The van der Waals surface area contributed by atoms with E-state index in [4.69, 9.17) is 28.2 Å². The molecule has 1 atom stereocenters. The Hall–Kier alpha value is -4.60. The molecule has 2 aliphatic rings. The predicted molar refractivity (Wildman–Crippen MR) is 216 cm³/mol. The van der Waals surface area contributed by atoms with Crippen LogP contribution in [0.25, 0.3) is 33.4 Å². The summed E-state index contributed by atoms with van der Waals surface area (Å²) in [6.07, 6.45) is 8.41. The molecule has 0 spiro atoms. The molecule has 8 rings (SSSR count). The summed E-state index contributed by atoms with van der Waals surface area (Å²) in [5.74, 6) is -0.296. The number of carbonyl (C=O) groups is 1. The molecule has 0 bridgehead atoms. The summed E-state index contributed by atoms with van der Waals surface area (Å²) >= 11 is 12.8. The minimum atomic E-state index is -0.296. The third-order valence-electron chi connectivity index (χ3n) is 11.1. The molecule has 10 heteroatoms. The van der Waals surface area contributed by atoms with E-state index in [0.717, 1.165) is 76.4 Å². The highest BCUT2D eigenvalue weighted by Crippen LogP contribution is 2.42.